The third-order valence-electron chi connectivity index (χ3n) is 2.90. The molecule has 0 aliphatic rings. The van der Waals surface area contributed by atoms with E-state index in [1.807, 2.05) is 27.7 Å². The van der Waals surface area contributed by atoms with Crippen molar-refractivity contribution < 1.29 is 33.3 Å². The lowest BCUT2D eigenvalue weighted by atomic mass is 10.3. The Bertz CT molecular complexity index is 347. The Labute approximate surface area is 188 Å². The Morgan fingerprint density at radius 1 is 0.667 bits per heavy atom. The molecular weight excluding hydrogens is 410 g/mol. The molecule has 8 nitrogen and oxygen atoms in total. The van der Waals surface area contributed by atoms with E-state index in [4.69, 9.17) is 23.7 Å². The van der Waals surface area contributed by atoms with Crippen molar-refractivity contribution in [1.82, 2.24) is 5.32 Å². The van der Waals surface area contributed by atoms with Gasteiger partial charge in [-0.15, -0.1) is 0 Å². The Kier molecular flexibility index (Phi) is 37.2. The van der Waals surface area contributed by atoms with E-state index in [2.05, 4.69) is 11.6 Å². The maximum Gasteiger partial charge on any atom is 0.227 e. The van der Waals surface area contributed by atoms with E-state index in [0.717, 1.165) is 12.4 Å². The van der Waals surface area contributed by atoms with E-state index >= 15 is 0 Å². The Morgan fingerprint density at radius 2 is 1.03 bits per heavy atom. The smallest absolute Gasteiger partial charge is 0.227 e. The van der Waals surface area contributed by atoms with Crippen LogP contribution in [0.5, 0.6) is 0 Å². The Balaban J connectivity index is -0.00000171. The van der Waals surface area contributed by atoms with E-state index < -0.39 is 0 Å². The van der Waals surface area contributed by atoms with Crippen molar-refractivity contribution in [1.29, 1.82) is 0 Å². The van der Waals surface area contributed by atoms with Crippen LogP contribution in [0.3, 0.4) is 0 Å². The predicted molar refractivity (Wildman–Crippen MR) is 123 cm³/mol. The normalized spacial score (nSPS) is 9.80. The molecule has 0 bridgehead atoms. The van der Waals surface area contributed by atoms with Crippen molar-refractivity contribution >= 4 is 23.5 Å². The van der Waals surface area contributed by atoms with Gasteiger partial charge in [-0.3, -0.25) is 9.59 Å². The highest BCUT2D eigenvalue weighted by Gasteiger charge is 2.03. The molecule has 9 heteroatoms. The van der Waals surface area contributed by atoms with E-state index in [9.17, 15) is 9.59 Å². The molecule has 182 valence electrons. The van der Waals surface area contributed by atoms with Crippen LogP contribution < -0.4 is 5.32 Å². The van der Waals surface area contributed by atoms with Gasteiger partial charge in [-0.1, -0.05) is 27.7 Å². The molecule has 0 saturated heterocycles. The van der Waals surface area contributed by atoms with Crippen LogP contribution in [-0.2, 0) is 33.3 Å². The number of amides is 1. The summed E-state index contributed by atoms with van der Waals surface area (Å²) in [6.45, 7) is 15.1. The average Bonchev–Trinajstić information content (AvgIpc) is 2.75. The lowest BCUT2D eigenvalue weighted by Gasteiger charge is -2.08. The van der Waals surface area contributed by atoms with Gasteiger partial charge >= 0.3 is 0 Å². The Morgan fingerprint density at radius 3 is 1.40 bits per heavy atom. The number of hydrogen-bond donors (Lipinski definition) is 1. The third-order valence-corrected chi connectivity index (χ3v) is 3.47. The van der Waals surface area contributed by atoms with E-state index in [0.29, 0.717) is 66.0 Å². The summed E-state index contributed by atoms with van der Waals surface area (Å²) in [7, 11) is 0. The first kappa shape index (κ1) is 33.9. The molecule has 0 atom stereocenters. The number of nitrogens with one attached hydrogen (secondary N) is 1. The fourth-order valence-corrected chi connectivity index (χ4v) is 1.96. The number of thioether (sulfide) groups is 1. The zero-order valence-corrected chi connectivity index (χ0v) is 20.8. The minimum absolute atomic E-state index is 0.0832. The maximum atomic E-state index is 11.2. The molecule has 0 spiro atoms. The summed E-state index contributed by atoms with van der Waals surface area (Å²) < 4.78 is 26.7. The molecule has 0 heterocycles. The molecule has 0 aromatic heterocycles. The highest BCUT2D eigenvalue weighted by Crippen LogP contribution is 1.90. The first-order valence-electron chi connectivity index (χ1n) is 10.8. The third kappa shape index (κ3) is 34.8. The summed E-state index contributed by atoms with van der Waals surface area (Å²) in [5, 5.41) is 2.60. The highest BCUT2D eigenvalue weighted by molar-refractivity contribution is 7.98. The largest absolute Gasteiger partial charge is 0.378 e. The molecule has 0 aliphatic carbocycles. The zero-order chi connectivity index (χ0) is 23.3. The van der Waals surface area contributed by atoms with Gasteiger partial charge in [-0.25, -0.2) is 0 Å². The lowest BCUT2D eigenvalue weighted by molar-refractivity contribution is -0.127. The van der Waals surface area contributed by atoms with Gasteiger partial charge in [-0.2, -0.15) is 11.8 Å². The Hall–Kier alpha value is -0.710. The maximum absolute atomic E-state index is 11.2. The number of ether oxygens (including phenoxy) is 5. The molecule has 0 aliphatic heterocycles. The van der Waals surface area contributed by atoms with Gasteiger partial charge in [0.2, 0.25) is 5.91 Å². The minimum atomic E-state index is -0.276. The molecule has 1 N–H and O–H groups in total. The van der Waals surface area contributed by atoms with Gasteiger partial charge in [0.1, 0.15) is 5.78 Å². The first-order chi connectivity index (χ1) is 14.7. The molecule has 0 aromatic rings. The van der Waals surface area contributed by atoms with E-state index in [-0.39, 0.29) is 18.1 Å². The van der Waals surface area contributed by atoms with Gasteiger partial charge in [-0.05, 0) is 13.2 Å². The summed E-state index contributed by atoms with van der Waals surface area (Å²) >= 11 is 1.76. The van der Waals surface area contributed by atoms with Crippen molar-refractivity contribution in [2.75, 3.05) is 84.6 Å². The van der Waals surface area contributed by atoms with Crippen LogP contribution in [0.2, 0.25) is 0 Å². The molecule has 0 aromatic carbocycles. The second-order valence-electron chi connectivity index (χ2n) is 5.28. The van der Waals surface area contributed by atoms with Crippen molar-refractivity contribution in [2.45, 2.75) is 41.0 Å². The average molecular weight is 456 g/mol. The summed E-state index contributed by atoms with van der Waals surface area (Å²) in [6.07, 6.45) is 1.97. The summed E-state index contributed by atoms with van der Waals surface area (Å²) in [5.74, 6) is 0.578. The van der Waals surface area contributed by atoms with Crippen LogP contribution in [0, 0.1) is 0 Å². The fourth-order valence-electron chi connectivity index (χ4n) is 1.68. The SMILES string of the molecule is CC.CC.CSCCOCCOCCOCCOCCOCCNC(=O)CC(C)=O. The molecule has 30 heavy (non-hydrogen) atoms. The number of carbonyl (C=O) groups is 2. The molecule has 1 amide bonds. The number of Topliss-reactive ketones (excluding diaryl/α,β-unsaturated/α-hetero) is 1. The molecule has 0 unspecified atom stereocenters. The number of hydrogen-bond acceptors (Lipinski definition) is 8. The standard InChI is InChI=1S/C17H33NO7S.2C2H6/c1-16(19)15-17(20)18-3-4-21-5-6-22-7-8-23-9-10-24-11-12-25-13-14-26-2;2*1-2/h3-15H2,1-2H3,(H,18,20);2*1-2H3. The van der Waals surface area contributed by atoms with Gasteiger partial charge in [0.15, 0.2) is 0 Å². The fraction of sp³-hybridized carbons (Fsp3) is 0.905. The molecule has 0 rings (SSSR count). The number of rotatable bonds is 20. The molecular formula is C21H45NO7S. The molecule has 0 fully saturated rings. The van der Waals surface area contributed by atoms with Crippen molar-refractivity contribution in [3.63, 3.8) is 0 Å². The summed E-state index contributed by atoms with van der Waals surface area (Å²) in [4.78, 5) is 21.9. The van der Waals surface area contributed by atoms with E-state index in [1.165, 1.54) is 6.92 Å². The second-order valence-corrected chi connectivity index (χ2v) is 6.27. The summed E-state index contributed by atoms with van der Waals surface area (Å²) in [6, 6.07) is 0. The zero-order valence-electron chi connectivity index (χ0n) is 20.0. The van der Waals surface area contributed by atoms with Crippen LogP contribution in [0.25, 0.3) is 0 Å². The predicted octanol–water partition coefficient (Wildman–Crippen LogP) is 2.58. The van der Waals surface area contributed by atoms with Crippen LogP contribution in [0.1, 0.15) is 41.0 Å². The van der Waals surface area contributed by atoms with Crippen LogP contribution in [0.4, 0.5) is 0 Å². The first-order valence-corrected chi connectivity index (χ1v) is 12.2. The summed E-state index contributed by atoms with van der Waals surface area (Å²) in [5.41, 5.74) is 0. The number of ketones is 1. The van der Waals surface area contributed by atoms with E-state index in [1.54, 1.807) is 11.8 Å². The second kappa shape index (κ2) is 32.9. The molecule has 0 radical (unpaired) electrons. The highest BCUT2D eigenvalue weighted by atomic mass is 32.2. The van der Waals surface area contributed by atoms with Crippen LogP contribution in [-0.4, -0.2) is 96.3 Å². The quantitative estimate of drug-likeness (QED) is 0.221. The molecule has 0 saturated carbocycles. The van der Waals surface area contributed by atoms with Crippen molar-refractivity contribution in [3.8, 4) is 0 Å². The van der Waals surface area contributed by atoms with Gasteiger partial charge in [0, 0.05) is 12.3 Å². The van der Waals surface area contributed by atoms with Crippen LogP contribution >= 0.6 is 11.8 Å². The van der Waals surface area contributed by atoms with Gasteiger partial charge < -0.3 is 29.0 Å². The minimum Gasteiger partial charge on any atom is -0.378 e. The topological polar surface area (TPSA) is 92.3 Å². The van der Waals surface area contributed by atoms with Gasteiger partial charge in [0.05, 0.1) is 72.5 Å². The van der Waals surface area contributed by atoms with Crippen LogP contribution in [0.15, 0.2) is 0 Å². The monoisotopic (exact) mass is 455 g/mol. The van der Waals surface area contributed by atoms with Crippen molar-refractivity contribution in [3.05, 3.63) is 0 Å². The number of carbonyl (C=O) groups excluding carboxylic acids is 2. The lowest BCUT2D eigenvalue weighted by Crippen LogP contribution is -2.28. The van der Waals surface area contributed by atoms with Crippen molar-refractivity contribution in [2.24, 2.45) is 0 Å². The van der Waals surface area contributed by atoms with Gasteiger partial charge in [0.25, 0.3) is 0 Å².